The minimum absolute atomic E-state index is 0. The minimum Gasteiger partial charge on any atom is -0.518 e. The zero-order valence-electron chi connectivity index (χ0n) is 4.80. The van der Waals surface area contributed by atoms with Gasteiger partial charge in [0, 0.05) is 32.7 Å². The Morgan fingerprint density at radius 2 is 2.38 bits per heavy atom. The molecule has 0 saturated carbocycles. The summed E-state index contributed by atoms with van der Waals surface area (Å²) in [5.41, 5.74) is 0. The molecule has 1 fully saturated rings. The van der Waals surface area contributed by atoms with Gasteiger partial charge in [0.05, 0.1) is 0 Å². The van der Waals surface area contributed by atoms with Crippen LogP contribution in [0.25, 0.3) is 0 Å². The van der Waals surface area contributed by atoms with Gasteiger partial charge < -0.3 is 18.8 Å². The molecule has 8 heavy (non-hydrogen) atoms. The average molecular weight is 184 g/mol. The van der Waals surface area contributed by atoms with E-state index < -0.39 is 0 Å². The Bertz CT molecular complexity index is 82.6. The molecule has 0 aromatic rings. The van der Waals surface area contributed by atoms with Crippen molar-refractivity contribution < 1.29 is 32.7 Å². The van der Waals surface area contributed by atoms with Crippen molar-refractivity contribution >= 4 is 0 Å². The standard InChI is InChI=1S/C6H9N.Y/c1-3-6-4-7-5(6)2;/h1,3,5-7H,2,4H2;/q-2;. The molecule has 1 aliphatic rings. The molecule has 0 amide bonds. The fourth-order valence-corrected chi connectivity index (χ4v) is 0.623. The summed E-state index contributed by atoms with van der Waals surface area (Å²) in [7, 11) is 0. The van der Waals surface area contributed by atoms with Gasteiger partial charge in [-0.3, -0.25) is 6.08 Å². The Balaban J connectivity index is 0.000000490. The summed E-state index contributed by atoms with van der Waals surface area (Å²) in [5.74, 6) is 0.514. The van der Waals surface area contributed by atoms with Crippen LogP contribution in [0.5, 0.6) is 0 Å². The van der Waals surface area contributed by atoms with Crippen molar-refractivity contribution in [1.29, 1.82) is 0 Å². The quantitative estimate of drug-likeness (QED) is 0.581. The number of rotatable bonds is 1. The van der Waals surface area contributed by atoms with Gasteiger partial charge in [0.1, 0.15) is 0 Å². The summed E-state index contributed by atoms with van der Waals surface area (Å²) in [6, 6.07) is 0.366. The number of hydrogen-bond donors (Lipinski definition) is 1. The molecule has 0 bridgehead atoms. The molecule has 1 saturated heterocycles. The molecule has 0 aliphatic carbocycles. The third kappa shape index (κ3) is 1.64. The van der Waals surface area contributed by atoms with Crippen molar-refractivity contribution in [3.63, 3.8) is 0 Å². The summed E-state index contributed by atoms with van der Waals surface area (Å²) in [6.07, 6.45) is 1.70. The van der Waals surface area contributed by atoms with Crippen molar-refractivity contribution in [1.82, 2.24) is 5.32 Å². The first-order chi connectivity index (χ1) is 3.34. The topological polar surface area (TPSA) is 12.0 Å². The first-order valence-corrected chi connectivity index (χ1v) is 2.46. The van der Waals surface area contributed by atoms with E-state index >= 15 is 0 Å². The molecule has 1 N–H and O–H groups in total. The molecule has 2 heteroatoms. The molecule has 0 spiro atoms. The van der Waals surface area contributed by atoms with Gasteiger partial charge in [-0.05, 0) is 6.54 Å². The van der Waals surface area contributed by atoms with Gasteiger partial charge in [-0.1, -0.05) is 5.92 Å². The SMILES string of the molecule is [CH-]=CC1CNC1[CH2-].[Y]. The first-order valence-electron chi connectivity index (χ1n) is 2.46. The Morgan fingerprint density at radius 3 is 2.38 bits per heavy atom. The first kappa shape index (κ1) is 8.80. The van der Waals surface area contributed by atoms with Gasteiger partial charge in [0.25, 0.3) is 0 Å². The molecule has 2 atom stereocenters. The van der Waals surface area contributed by atoms with E-state index in [1.807, 2.05) is 0 Å². The zero-order valence-corrected chi connectivity index (χ0v) is 7.64. The largest absolute Gasteiger partial charge is 0.518 e. The van der Waals surface area contributed by atoms with E-state index in [0.29, 0.717) is 12.0 Å². The van der Waals surface area contributed by atoms with Crippen LogP contribution in [0.2, 0.25) is 0 Å². The van der Waals surface area contributed by atoms with Crippen LogP contribution in [0.3, 0.4) is 0 Å². The molecular weight excluding hydrogens is 175 g/mol. The smallest absolute Gasteiger partial charge is 0 e. The molecule has 1 rings (SSSR count). The van der Waals surface area contributed by atoms with Crippen LogP contribution in [-0.4, -0.2) is 12.6 Å². The second-order valence-corrected chi connectivity index (χ2v) is 1.87. The van der Waals surface area contributed by atoms with E-state index in [2.05, 4.69) is 12.2 Å². The van der Waals surface area contributed by atoms with Crippen molar-refractivity contribution in [2.75, 3.05) is 6.54 Å². The molecule has 1 heterocycles. The molecule has 43 valence electrons. The maximum Gasteiger partial charge on any atom is 0 e. The molecule has 1 radical (unpaired) electrons. The van der Waals surface area contributed by atoms with E-state index in [9.17, 15) is 0 Å². The van der Waals surface area contributed by atoms with Crippen LogP contribution in [-0.2, 0) is 32.7 Å². The normalized spacial score (nSPS) is 34.6. The van der Waals surface area contributed by atoms with Crippen LogP contribution < -0.4 is 5.32 Å². The van der Waals surface area contributed by atoms with Crippen LogP contribution in [0.4, 0.5) is 0 Å². The average Bonchev–Trinajstić information content (AvgIpc) is 1.65. The van der Waals surface area contributed by atoms with Crippen molar-refractivity contribution in [2.24, 2.45) is 5.92 Å². The predicted molar refractivity (Wildman–Crippen MR) is 29.5 cm³/mol. The molecule has 0 aromatic carbocycles. The van der Waals surface area contributed by atoms with Crippen LogP contribution in [0.1, 0.15) is 0 Å². The molecule has 1 nitrogen and oxygen atoms in total. The summed E-state index contributed by atoms with van der Waals surface area (Å²) >= 11 is 0. The second-order valence-electron chi connectivity index (χ2n) is 1.87. The summed E-state index contributed by atoms with van der Waals surface area (Å²) in [5, 5.41) is 3.09. The monoisotopic (exact) mass is 184 g/mol. The van der Waals surface area contributed by atoms with Gasteiger partial charge in [-0.2, -0.15) is 0 Å². The Kier molecular flexibility index (Phi) is 4.14. The van der Waals surface area contributed by atoms with Crippen molar-refractivity contribution in [3.05, 3.63) is 19.6 Å². The van der Waals surface area contributed by atoms with Crippen LogP contribution in [0.15, 0.2) is 6.08 Å². The summed E-state index contributed by atoms with van der Waals surface area (Å²) in [6.45, 7) is 10.00. The molecule has 0 aromatic heterocycles. The summed E-state index contributed by atoms with van der Waals surface area (Å²) in [4.78, 5) is 0. The van der Waals surface area contributed by atoms with E-state index in [-0.39, 0.29) is 32.7 Å². The molecule has 2 unspecified atom stereocenters. The summed E-state index contributed by atoms with van der Waals surface area (Å²) < 4.78 is 0. The fourth-order valence-electron chi connectivity index (χ4n) is 0.623. The van der Waals surface area contributed by atoms with Crippen molar-refractivity contribution in [2.45, 2.75) is 6.04 Å². The van der Waals surface area contributed by atoms with Gasteiger partial charge in [0.2, 0.25) is 0 Å². The minimum atomic E-state index is 0. The Morgan fingerprint density at radius 1 is 1.75 bits per heavy atom. The van der Waals surface area contributed by atoms with E-state index in [4.69, 9.17) is 6.58 Å². The third-order valence-corrected chi connectivity index (χ3v) is 1.38. The van der Waals surface area contributed by atoms with Gasteiger partial charge in [-0.25, -0.2) is 0 Å². The fraction of sp³-hybridized carbons (Fsp3) is 0.500. The number of nitrogens with one attached hydrogen (secondary N) is 1. The Hall–Kier alpha value is 0.804. The molecular formula is C6H9NY-2. The van der Waals surface area contributed by atoms with Crippen molar-refractivity contribution in [3.8, 4) is 0 Å². The predicted octanol–water partition coefficient (Wildman–Crippen LogP) is 0.395. The second kappa shape index (κ2) is 3.76. The Labute approximate surface area is 75.8 Å². The number of hydrogen-bond acceptors (Lipinski definition) is 1. The van der Waals surface area contributed by atoms with Crippen LogP contribution in [0, 0.1) is 19.4 Å². The van der Waals surface area contributed by atoms with Crippen LogP contribution >= 0.6 is 0 Å². The van der Waals surface area contributed by atoms with Gasteiger partial charge >= 0.3 is 0 Å². The maximum atomic E-state index is 5.22. The van der Waals surface area contributed by atoms with E-state index in [1.54, 1.807) is 6.08 Å². The maximum absolute atomic E-state index is 5.22. The van der Waals surface area contributed by atoms with E-state index in [1.165, 1.54) is 0 Å². The van der Waals surface area contributed by atoms with Gasteiger partial charge in [-0.15, -0.1) is 6.04 Å². The van der Waals surface area contributed by atoms with E-state index in [0.717, 1.165) is 6.54 Å². The van der Waals surface area contributed by atoms with Gasteiger partial charge in [0.15, 0.2) is 0 Å². The molecule has 1 aliphatic heterocycles. The zero-order chi connectivity index (χ0) is 5.28. The third-order valence-electron chi connectivity index (χ3n) is 1.38.